The zero-order valence-corrected chi connectivity index (χ0v) is 21.0. The number of morpholine rings is 1. The molecule has 5 rings (SSSR count). The van der Waals surface area contributed by atoms with Gasteiger partial charge >= 0.3 is 0 Å². The van der Waals surface area contributed by atoms with Crippen molar-refractivity contribution < 1.29 is 14.3 Å². The van der Waals surface area contributed by atoms with Crippen LogP contribution in [0.1, 0.15) is 0 Å². The Kier molecular flexibility index (Phi) is 7.59. The molecule has 0 saturated carbocycles. The average Bonchev–Trinajstić information content (AvgIpc) is 3.35. The van der Waals surface area contributed by atoms with Crippen LogP contribution in [0.5, 0.6) is 5.75 Å². The van der Waals surface area contributed by atoms with E-state index < -0.39 is 0 Å². The maximum absolute atomic E-state index is 12.5. The summed E-state index contributed by atoms with van der Waals surface area (Å²) in [5.41, 5.74) is 1.78. The second-order valence-electron chi connectivity index (χ2n) is 8.30. The van der Waals surface area contributed by atoms with Crippen molar-refractivity contribution in [3.8, 4) is 11.6 Å². The zero-order chi connectivity index (χ0) is 25.6. The number of nitrogens with one attached hydrogen (secondary N) is 2. The minimum Gasteiger partial charge on any atom is -0.495 e. The van der Waals surface area contributed by atoms with E-state index in [0.717, 1.165) is 24.1 Å². The molecule has 0 aliphatic carbocycles. The Hall–Kier alpha value is -3.99. The van der Waals surface area contributed by atoms with E-state index in [9.17, 15) is 4.79 Å². The number of pyridine rings is 1. The minimum atomic E-state index is -0.281. The molecule has 0 atom stereocenters. The highest BCUT2D eigenvalue weighted by molar-refractivity contribution is 6.34. The van der Waals surface area contributed by atoms with Crippen LogP contribution in [0.15, 0.2) is 67.1 Å². The second kappa shape index (κ2) is 11.4. The third-order valence-corrected chi connectivity index (χ3v) is 6.18. The maximum Gasteiger partial charge on any atom is 0.248 e. The summed E-state index contributed by atoms with van der Waals surface area (Å²) in [4.78, 5) is 28.2. The standard InChI is InChI=1S/C26H26ClN7O3/c1-36-22-16-19(27)20(30-24(35)5-3-10-33-12-14-37-15-13-33)17-21(22)31-26-29-9-6-23(32-26)34-11-7-18-4-2-8-28-25(18)34/h2-9,11,16-17H,10,12-15H2,1H3,(H,30,35)(H,29,31,32)/b5-3+. The predicted octanol–water partition coefficient (Wildman–Crippen LogP) is 4.05. The van der Waals surface area contributed by atoms with Gasteiger partial charge in [0.15, 0.2) is 0 Å². The van der Waals surface area contributed by atoms with E-state index in [2.05, 4.69) is 30.5 Å². The first kappa shape index (κ1) is 24.7. The molecule has 0 unspecified atom stereocenters. The highest BCUT2D eigenvalue weighted by atomic mass is 35.5. The fourth-order valence-corrected chi connectivity index (χ4v) is 4.20. The van der Waals surface area contributed by atoms with Gasteiger partial charge in [0.2, 0.25) is 11.9 Å². The number of hydrogen-bond donors (Lipinski definition) is 2. The number of hydrogen-bond acceptors (Lipinski definition) is 8. The van der Waals surface area contributed by atoms with Crippen LogP contribution in [0.4, 0.5) is 17.3 Å². The number of nitrogens with zero attached hydrogens (tertiary/aromatic N) is 5. The van der Waals surface area contributed by atoms with E-state index in [4.69, 9.17) is 21.1 Å². The van der Waals surface area contributed by atoms with Gasteiger partial charge in [-0.15, -0.1) is 0 Å². The van der Waals surface area contributed by atoms with Gasteiger partial charge in [0.25, 0.3) is 0 Å². The van der Waals surface area contributed by atoms with Crippen LogP contribution in [0, 0.1) is 0 Å². The third-order valence-electron chi connectivity index (χ3n) is 5.87. The van der Waals surface area contributed by atoms with Crippen LogP contribution in [0.3, 0.4) is 0 Å². The monoisotopic (exact) mass is 519 g/mol. The summed E-state index contributed by atoms with van der Waals surface area (Å²) in [7, 11) is 1.54. The smallest absolute Gasteiger partial charge is 0.248 e. The molecule has 1 aliphatic heterocycles. The van der Waals surface area contributed by atoms with Gasteiger partial charge in [-0.2, -0.15) is 4.98 Å². The summed E-state index contributed by atoms with van der Waals surface area (Å²) >= 11 is 6.42. The SMILES string of the molecule is COc1cc(Cl)c(NC(=O)/C=C/CN2CCOCC2)cc1Nc1nccc(-n2ccc3cccnc32)n1. The number of halogens is 1. The minimum absolute atomic E-state index is 0.281. The Morgan fingerprint density at radius 2 is 2.03 bits per heavy atom. The highest BCUT2D eigenvalue weighted by Gasteiger charge is 2.14. The Labute approximate surface area is 218 Å². The molecule has 2 N–H and O–H groups in total. The molecule has 3 aromatic heterocycles. The molecule has 0 bridgehead atoms. The van der Waals surface area contributed by atoms with Crippen molar-refractivity contribution in [1.82, 2.24) is 24.4 Å². The van der Waals surface area contributed by atoms with E-state index in [0.29, 0.717) is 53.7 Å². The van der Waals surface area contributed by atoms with Crippen molar-refractivity contribution in [1.29, 1.82) is 0 Å². The van der Waals surface area contributed by atoms with Crippen molar-refractivity contribution in [2.45, 2.75) is 0 Å². The summed E-state index contributed by atoms with van der Waals surface area (Å²) in [5, 5.41) is 7.36. The van der Waals surface area contributed by atoms with Crippen molar-refractivity contribution in [2.75, 3.05) is 50.6 Å². The average molecular weight is 520 g/mol. The summed E-state index contributed by atoms with van der Waals surface area (Å²) in [6, 6.07) is 11.0. The lowest BCUT2D eigenvalue weighted by Gasteiger charge is -2.25. The normalized spacial score (nSPS) is 14.2. The largest absolute Gasteiger partial charge is 0.495 e. The number of methoxy groups -OCH3 is 1. The number of carbonyl (C=O) groups is 1. The van der Waals surface area contributed by atoms with E-state index >= 15 is 0 Å². The van der Waals surface area contributed by atoms with Crippen LogP contribution < -0.4 is 15.4 Å². The van der Waals surface area contributed by atoms with Crippen LogP contribution in [-0.2, 0) is 9.53 Å². The van der Waals surface area contributed by atoms with Gasteiger partial charge in [-0.3, -0.25) is 14.3 Å². The highest BCUT2D eigenvalue weighted by Crippen LogP contribution is 2.36. The van der Waals surface area contributed by atoms with Crippen molar-refractivity contribution in [3.05, 3.63) is 72.2 Å². The van der Waals surface area contributed by atoms with Crippen molar-refractivity contribution >= 4 is 45.9 Å². The van der Waals surface area contributed by atoms with E-state index in [1.165, 1.54) is 6.08 Å². The van der Waals surface area contributed by atoms with E-state index in [1.54, 1.807) is 37.7 Å². The van der Waals surface area contributed by atoms with Crippen LogP contribution in [0.25, 0.3) is 16.9 Å². The molecule has 4 aromatic rings. The number of amides is 1. The van der Waals surface area contributed by atoms with E-state index in [-0.39, 0.29) is 5.91 Å². The molecule has 4 heterocycles. The first-order valence-corrected chi connectivity index (χ1v) is 12.2. The molecule has 1 saturated heterocycles. The van der Waals surface area contributed by atoms with Crippen LogP contribution in [0.2, 0.25) is 5.02 Å². The number of benzene rings is 1. The first-order valence-electron chi connectivity index (χ1n) is 11.8. The molecule has 190 valence electrons. The second-order valence-corrected chi connectivity index (χ2v) is 8.71. The van der Waals surface area contributed by atoms with Gasteiger partial charge in [-0.25, -0.2) is 9.97 Å². The van der Waals surface area contributed by atoms with Gasteiger partial charge in [0, 0.05) is 55.8 Å². The van der Waals surface area contributed by atoms with Crippen molar-refractivity contribution in [2.24, 2.45) is 0 Å². The molecule has 0 radical (unpaired) electrons. The van der Waals surface area contributed by atoms with E-state index in [1.807, 2.05) is 35.0 Å². The Morgan fingerprint density at radius 1 is 1.16 bits per heavy atom. The fraction of sp³-hybridized carbons (Fsp3) is 0.231. The van der Waals surface area contributed by atoms with Gasteiger partial charge in [0.1, 0.15) is 17.2 Å². The molecule has 11 heteroatoms. The Balaban J connectivity index is 1.33. The number of rotatable bonds is 8. The summed E-state index contributed by atoms with van der Waals surface area (Å²) in [5.74, 6) is 1.20. The molecule has 1 aliphatic rings. The number of aromatic nitrogens is 4. The van der Waals surface area contributed by atoms with Gasteiger partial charge in [-0.1, -0.05) is 17.7 Å². The number of anilines is 3. The van der Waals surface area contributed by atoms with Crippen LogP contribution in [-0.4, -0.2) is 70.3 Å². The molecule has 10 nitrogen and oxygen atoms in total. The molecular formula is C26H26ClN7O3. The zero-order valence-electron chi connectivity index (χ0n) is 20.2. The first-order chi connectivity index (χ1) is 18.1. The van der Waals surface area contributed by atoms with Gasteiger partial charge in [-0.05, 0) is 30.3 Å². The Morgan fingerprint density at radius 3 is 2.86 bits per heavy atom. The number of ether oxygens (including phenoxy) is 2. The Bertz CT molecular complexity index is 1430. The molecule has 1 aromatic carbocycles. The molecular weight excluding hydrogens is 494 g/mol. The molecule has 0 spiro atoms. The maximum atomic E-state index is 12.5. The summed E-state index contributed by atoms with van der Waals surface area (Å²) in [6.45, 7) is 3.81. The lowest BCUT2D eigenvalue weighted by molar-refractivity contribution is -0.111. The lowest BCUT2D eigenvalue weighted by Crippen LogP contribution is -2.36. The van der Waals surface area contributed by atoms with Crippen LogP contribution >= 0.6 is 11.6 Å². The lowest BCUT2D eigenvalue weighted by atomic mass is 10.2. The van der Waals surface area contributed by atoms with Gasteiger partial charge in [0.05, 0.1) is 36.7 Å². The quantitative estimate of drug-likeness (QED) is 0.336. The third kappa shape index (κ3) is 5.88. The topological polar surface area (TPSA) is 106 Å². The van der Waals surface area contributed by atoms with Gasteiger partial charge < -0.3 is 20.1 Å². The number of carbonyl (C=O) groups excluding carboxylic acids is 1. The molecule has 1 fully saturated rings. The molecule has 1 amide bonds. The summed E-state index contributed by atoms with van der Waals surface area (Å²) in [6.07, 6.45) is 8.64. The molecule has 37 heavy (non-hydrogen) atoms. The fourth-order valence-electron chi connectivity index (χ4n) is 4.00. The number of fused-ring (bicyclic) bond motifs is 1. The predicted molar refractivity (Wildman–Crippen MR) is 143 cm³/mol. The van der Waals surface area contributed by atoms with Crippen molar-refractivity contribution in [3.63, 3.8) is 0 Å². The summed E-state index contributed by atoms with van der Waals surface area (Å²) < 4.78 is 12.7.